The normalized spacial score (nSPS) is 38.2. The van der Waals surface area contributed by atoms with Gasteiger partial charge in [0.25, 0.3) is 0 Å². The van der Waals surface area contributed by atoms with Gasteiger partial charge in [-0.15, -0.1) is 0 Å². The predicted octanol–water partition coefficient (Wildman–Crippen LogP) is 6.41. The summed E-state index contributed by atoms with van der Waals surface area (Å²) in [5.74, 6) is -1.04. The first kappa shape index (κ1) is 31.6. The number of aliphatic imine (C=N–C) groups is 1. The highest BCUT2D eigenvalue weighted by atomic mass is 32.2. The average molecular weight is 628 g/mol. The third-order valence-corrected chi connectivity index (χ3v) is 12.5. The van der Waals surface area contributed by atoms with Crippen molar-refractivity contribution in [2.45, 2.75) is 76.9 Å². The van der Waals surface area contributed by atoms with E-state index in [0.717, 1.165) is 30.4 Å². The van der Waals surface area contributed by atoms with Crippen molar-refractivity contribution in [2.24, 2.45) is 39.5 Å². The van der Waals surface area contributed by atoms with Crippen LogP contribution in [0.3, 0.4) is 0 Å². The maximum Gasteiger partial charge on any atom is 0.312 e. The summed E-state index contributed by atoms with van der Waals surface area (Å²) in [5.41, 5.74) is 2.02. The molecule has 6 nitrogen and oxygen atoms in total. The molecule has 0 spiro atoms. The van der Waals surface area contributed by atoms with Gasteiger partial charge in [0.15, 0.2) is 5.60 Å². The molecule has 238 valence electrons. The molecule has 4 fully saturated rings. The number of hydrogen-bond acceptors (Lipinski definition) is 7. The van der Waals surface area contributed by atoms with Gasteiger partial charge in [-0.25, -0.2) is 8.78 Å². The Labute approximate surface area is 262 Å². The van der Waals surface area contributed by atoms with E-state index in [1.807, 2.05) is 25.3 Å². The van der Waals surface area contributed by atoms with Gasteiger partial charge in [-0.05, 0) is 115 Å². The molecule has 6 rings (SSSR count). The molecule has 8 atom stereocenters. The van der Waals surface area contributed by atoms with Crippen molar-refractivity contribution in [2.75, 3.05) is 26.3 Å². The molecule has 4 aliphatic carbocycles. The van der Waals surface area contributed by atoms with Crippen molar-refractivity contribution < 1.29 is 33.0 Å². The zero-order valence-corrected chi connectivity index (χ0v) is 26.6. The number of nitrogens with zero attached hydrogens (tertiary/aromatic N) is 1. The number of carbonyl (C=O) groups excluding carboxylic acids is 2. The number of aliphatic hydroxyl groups is 1. The van der Waals surface area contributed by atoms with E-state index in [-0.39, 0.29) is 35.6 Å². The molecule has 1 aromatic rings. The highest BCUT2D eigenvalue weighted by Crippen LogP contribution is 2.69. The van der Waals surface area contributed by atoms with Crippen molar-refractivity contribution in [3.05, 3.63) is 58.4 Å². The van der Waals surface area contributed by atoms with E-state index < -0.39 is 40.1 Å². The van der Waals surface area contributed by atoms with Gasteiger partial charge in [0.05, 0.1) is 18.6 Å². The molecular weight excluding hydrogens is 584 g/mol. The van der Waals surface area contributed by atoms with Gasteiger partial charge < -0.3 is 14.6 Å². The third kappa shape index (κ3) is 5.11. The molecule has 1 saturated heterocycles. The molecule has 0 bridgehead atoms. The minimum atomic E-state index is -1.48. The summed E-state index contributed by atoms with van der Waals surface area (Å²) >= 11 is 0.575. The van der Waals surface area contributed by atoms with Crippen LogP contribution in [0.15, 0.2) is 52.1 Å². The molecule has 44 heavy (non-hydrogen) atoms. The van der Waals surface area contributed by atoms with Crippen LogP contribution in [0.2, 0.25) is 0 Å². The fourth-order valence-electron chi connectivity index (χ4n) is 9.70. The highest BCUT2D eigenvalue weighted by Gasteiger charge is 2.70. The summed E-state index contributed by atoms with van der Waals surface area (Å²) in [6, 6.07) is 5.72. The van der Waals surface area contributed by atoms with Gasteiger partial charge >= 0.3 is 5.97 Å². The number of aliphatic hydroxyl groups excluding tert-OH is 1. The van der Waals surface area contributed by atoms with Crippen molar-refractivity contribution in [3.8, 4) is 0 Å². The third-order valence-electron chi connectivity index (χ3n) is 11.8. The Kier molecular flexibility index (Phi) is 8.70. The van der Waals surface area contributed by atoms with Crippen molar-refractivity contribution in [1.82, 2.24) is 0 Å². The predicted molar refractivity (Wildman–Crippen MR) is 166 cm³/mol. The number of rotatable bonds is 7. The van der Waals surface area contributed by atoms with E-state index in [1.165, 1.54) is 23.3 Å². The fourth-order valence-corrected chi connectivity index (χ4v) is 10.4. The second-order valence-corrected chi connectivity index (χ2v) is 14.8. The quantitative estimate of drug-likeness (QED) is 0.278. The topological polar surface area (TPSA) is 85.2 Å². The Bertz CT molecular complexity index is 1390. The minimum absolute atomic E-state index is 0.0407. The van der Waals surface area contributed by atoms with Gasteiger partial charge in [0.2, 0.25) is 5.12 Å². The molecular formula is C35H43F2NO5S. The first-order valence-corrected chi connectivity index (χ1v) is 16.9. The molecule has 9 heteroatoms. The van der Waals surface area contributed by atoms with Crippen LogP contribution >= 0.6 is 11.8 Å². The lowest BCUT2D eigenvalue weighted by Crippen LogP contribution is -2.62. The lowest BCUT2D eigenvalue weighted by molar-refractivity contribution is -0.199. The molecule has 1 heterocycles. The van der Waals surface area contributed by atoms with Gasteiger partial charge in [-0.1, -0.05) is 37.6 Å². The molecule has 1 N–H and O–H groups in total. The van der Waals surface area contributed by atoms with Crippen LogP contribution in [0.25, 0.3) is 0 Å². The monoisotopic (exact) mass is 627 g/mol. The van der Waals surface area contributed by atoms with Crippen LogP contribution in [0.4, 0.5) is 8.78 Å². The zero-order valence-electron chi connectivity index (χ0n) is 25.8. The van der Waals surface area contributed by atoms with Gasteiger partial charge in [0, 0.05) is 25.3 Å². The van der Waals surface area contributed by atoms with E-state index in [4.69, 9.17) is 9.47 Å². The Morgan fingerprint density at radius 3 is 2.66 bits per heavy atom. The average Bonchev–Trinajstić information content (AvgIpc) is 3.62. The van der Waals surface area contributed by atoms with Crippen LogP contribution < -0.4 is 0 Å². The number of ether oxygens (including phenoxy) is 2. The first-order valence-electron chi connectivity index (χ1n) is 15.9. The fraction of sp³-hybridized carbons (Fsp3) is 0.629. The second kappa shape index (κ2) is 12.1. The summed E-state index contributed by atoms with van der Waals surface area (Å²) in [4.78, 5) is 31.5. The van der Waals surface area contributed by atoms with Gasteiger partial charge in [-0.3, -0.25) is 14.6 Å². The van der Waals surface area contributed by atoms with E-state index in [1.54, 1.807) is 7.05 Å². The van der Waals surface area contributed by atoms with Crippen LogP contribution in [-0.4, -0.2) is 60.4 Å². The number of esters is 1. The molecule has 6 unspecified atom stereocenters. The number of hydrogen-bond donors (Lipinski definition) is 1. The number of halogens is 2. The Morgan fingerprint density at radius 1 is 1.20 bits per heavy atom. The minimum Gasteiger partial charge on any atom is -0.449 e. The summed E-state index contributed by atoms with van der Waals surface area (Å²) in [6.45, 7) is 4.98. The highest BCUT2D eigenvalue weighted by molar-refractivity contribution is 8.13. The van der Waals surface area contributed by atoms with E-state index in [0.29, 0.717) is 50.5 Å². The smallest absolute Gasteiger partial charge is 0.312 e. The van der Waals surface area contributed by atoms with Crippen molar-refractivity contribution in [3.63, 3.8) is 0 Å². The van der Waals surface area contributed by atoms with Crippen LogP contribution in [-0.2, 0) is 25.5 Å². The molecule has 0 aromatic heterocycles. The van der Waals surface area contributed by atoms with Gasteiger partial charge in [0.1, 0.15) is 11.8 Å². The summed E-state index contributed by atoms with van der Waals surface area (Å²) in [5, 5.41) is 11.6. The van der Waals surface area contributed by atoms with Crippen molar-refractivity contribution in [1.29, 1.82) is 0 Å². The summed E-state index contributed by atoms with van der Waals surface area (Å²) < 4.78 is 38.8. The zero-order chi connectivity index (χ0) is 31.3. The summed E-state index contributed by atoms with van der Waals surface area (Å²) in [6.07, 6.45) is 8.45. The second-order valence-electron chi connectivity index (χ2n) is 13.9. The number of benzene rings is 1. The Balaban J connectivity index is 1.32. The van der Waals surface area contributed by atoms with Crippen LogP contribution in [0, 0.1) is 40.3 Å². The maximum absolute atomic E-state index is 13.7. The standard InChI is InChI=1S/C35H43F2NO5S/c1-33-16-24(18-38-3)23(14-21-4-7-26(37)8-5-21)15-25(33)6-9-27-28-10-12-35(32(41)44-20-36,34(28,2)17-29(39)30(27)33)43-31(40)22-11-13-42-19-22/h4-5,7-8,15,18,22,27-30,39H,6,9-14,16-17,19-20H2,1-3H3/t22?,27?,28-,29?,30+,33?,34?,35?/m0/s1. The maximum atomic E-state index is 13.7. The number of thioether (sulfide) groups is 1. The lowest BCUT2D eigenvalue weighted by Gasteiger charge is -2.60. The van der Waals surface area contributed by atoms with Crippen molar-refractivity contribution >= 4 is 29.1 Å². The van der Waals surface area contributed by atoms with Crippen LogP contribution in [0.1, 0.15) is 64.4 Å². The summed E-state index contributed by atoms with van der Waals surface area (Å²) in [7, 11) is 1.76. The van der Waals surface area contributed by atoms with E-state index in [9.17, 15) is 23.5 Å². The molecule has 0 amide bonds. The van der Waals surface area contributed by atoms with E-state index >= 15 is 0 Å². The number of allylic oxidation sites excluding steroid dienone is 4. The number of alkyl halides is 1. The first-order chi connectivity index (χ1) is 21.1. The SMILES string of the molecule is CN=CC1=C(Cc2ccc(F)cc2)C=C2CCC3[C@H](C(O)CC4(C)[C@H]3CCC4(OC(=O)C3CCOC3)C(=O)SCF)C2(C)C1. The molecule has 1 aromatic carbocycles. The number of fused-ring (bicyclic) bond motifs is 5. The van der Waals surface area contributed by atoms with Crippen LogP contribution in [0.5, 0.6) is 0 Å². The largest absolute Gasteiger partial charge is 0.449 e. The van der Waals surface area contributed by atoms with E-state index in [2.05, 4.69) is 18.0 Å². The lowest BCUT2D eigenvalue weighted by atomic mass is 9.45. The van der Waals surface area contributed by atoms with Gasteiger partial charge in [-0.2, -0.15) is 0 Å². The molecule has 0 radical (unpaired) electrons. The number of carbonyl (C=O) groups is 2. The Morgan fingerprint density at radius 2 is 1.98 bits per heavy atom. The molecule has 1 aliphatic heterocycles. The Hall–Kier alpha value is -2.36. The molecule has 5 aliphatic rings. The molecule has 3 saturated carbocycles.